The number of amides is 1. The number of fused-ring (bicyclic) bond motifs is 1. The van der Waals surface area contributed by atoms with E-state index in [-0.39, 0.29) is 17.4 Å². The Bertz CT molecular complexity index is 712. The number of carbonyl (C=O) groups is 1. The van der Waals surface area contributed by atoms with E-state index >= 15 is 0 Å². The Balaban J connectivity index is 1.70. The van der Waals surface area contributed by atoms with E-state index in [4.69, 9.17) is 0 Å². The summed E-state index contributed by atoms with van der Waals surface area (Å²) in [7, 11) is 0. The van der Waals surface area contributed by atoms with Gasteiger partial charge in [-0.2, -0.15) is 0 Å². The fourth-order valence-electron chi connectivity index (χ4n) is 3.56. The molecule has 0 spiro atoms. The van der Waals surface area contributed by atoms with Crippen LogP contribution in [0.25, 0.3) is 10.8 Å². The molecular formula is C21H28N2O. The summed E-state index contributed by atoms with van der Waals surface area (Å²) in [5.74, 6) is 0.304. The molecule has 0 saturated carbocycles. The number of likely N-dealkylation sites (tertiary alicyclic amines) is 1. The van der Waals surface area contributed by atoms with Gasteiger partial charge in [0.25, 0.3) is 0 Å². The van der Waals surface area contributed by atoms with Crippen LogP contribution in [-0.4, -0.2) is 29.4 Å². The zero-order chi connectivity index (χ0) is 17.2. The largest absolute Gasteiger partial charge is 0.351 e. The average Bonchev–Trinajstić information content (AvgIpc) is 2.54. The summed E-state index contributed by atoms with van der Waals surface area (Å²) in [5.41, 5.74) is 1.19. The van der Waals surface area contributed by atoms with Crippen molar-refractivity contribution >= 4 is 16.7 Å². The highest BCUT2D eigenvalue weighted by atomic mass is 16.2. The minimum Gasteiger partial charge on any atom is -0.351 e. The second-order valence-corrected chi connectivity index (χ2v) is 7.95. The summed E-state index contributed by atoms with van der Waals surface area (Å²) in [6.45, 7) is 8.97. The van der Waals surface area contributed by atoms with E-state index in [1.165, 1.54) is 16.3 Å². The van der Waals surface area contributed by atoms with Gasteiger partial charge in [0.2, 0.25) is 5.91 Å². The van der Waals surface area contributed by atoms with Gasteiger partial charge in [0.05, 0.1) is 5.92 Å². The first kappa shape index (κ1) is 17.0. The van der Waals surface area contributed by atoms with Crippen molar-refractivity contribution in [2.45, 2.75) is 45.7 Å². The summed E-state index contributed by atoms with van der Waals surface area (Å²) in [5, 5.41) is 5.74. The van der Waals surface area contributed by atoms with E-state index in [1.54, 1.807) is 0 Å². The van der Waals surface area contributed by atoms with Crippen molar-refractivity contribution in [3.8, 4) is 0 Å². The van der Waals surface area contributed by atoms with Crippen molar-refractivity contribution in [1.29, 1.82) is 0 Å². The number of nitrogens with one attached hydrogen (secondary N) is 1. The van der Waals surface area contributed by atoms with Gasteiger partial charge in [-0.15, -0.1) is 0 Å². The molecule has 0 aromatic heterocycles. The number of hydrogen-bond acceptors (Lipinski definition) is 2. The first-order chi connectivity index (χ1) is 11.4. The van der Waals surface area contributed by atoms with Gasteiger partial charge in [-0.1, -0.05) is 42.5 Å². The minimum atomic E-state index is -0.158. The standard InChI is InChI=1S/C21H28N2O/c1-21(2,3)22-20(24)18-11-7-13-23(15-18)14-17-10-6-9-16-8-4-5-12-19(16)17/h4-6,8-10,12,18H,7,11,13-15H2,1-3H3,(H,22,24). The highest BCUT2D eigenvalue weighted by molar-refractivity contribution is 5.85. The monoisotopic (exact) mass is 324 g/mol. The normalized spacial score (nSPS) is 19.4. The van der Waals surface area contributed by atoms with Crippen molar-refractivity contribution in [1.82, 2.24) is 10.2 Å². The molecule has 1 atom stereocenters. The lowest BCUT2D eigenvalue weighted by atomic mass is 9.95. The summed E-state index contributed by atoms with van der Waals surface area (Å²) in [4.78, 5) is 14.9. The fraction of sp³-hybridized carbons (Fsp3) is 0.476. The number of piperidine rings is 1. The molecule has 0 bridgehead atoms. The highest BCUT2D eigenvalue weighted by Gasteiger charge is 2.28. The molecule has 0 radical (unpaired) electrons. The summed E-state index contributed by atoms with van der Waals surface area (Å²) in [6, 6.07) is 15.0. The predicted octanol–water partition coefficient (Wildman–Crippen LogP) is 3.97. The highest BCUT2D eigenvalue weighted by Crippen LogP contribution is 2.23. The van der Waals surface area contributed by atoms with Crippen molar-refractivity contribution < 1.29 is 4.79 Å². The lowest BCUT2D eigenvalue weighted by Crippen LogP contribution is -2.48. The molecule has 1 fully saturated rings. The molecule has 1 heterocycles. The maximum atomic E-state index is 12.5. The van der Waals surface area contributed by atoms with Crippen LogP contribution in [0.2, 0.25) is 0 Å². The van der Waals surface area contributed by atoms with Crippen LogP contribution in [-0.2, 0) is 11.3 Å². The van der Waals surface area contributed by atoms with Crippen molar-refractivity contribution in [2.75, 3.05) is 13.1 Å². The van der Waals surface area contributed by atoms with E-state index in [9.17, 15) is 4.79 Å². The molecule has 2 aromatic rings. The molecule has 3 nitrogen and oxygen atoms in total. The van der Waals surface area contributed by atoms with E-state index < -0.39 is 0 Å². The predicted molar refractivity (Wildman–Crippen MR) is 99.8 cm³/mol. The van der Waals surface area contributed by atoms with Gasteiger partial charge in [0.15, 0.2) is 0 Å². The number of rotatable bonds is 3. The Kier molecular flexibility index (Phi) is 4.91. The second-order valence-electron chi connectivity index (χ2n) is 7.95. The van der Waals surface area contributed by atoms with Crippen molar-refractivity contribution in [3.05, 3.63) is 48.0 Å². The van der Waals surface area contributed by atoms with Gasteiger partial charge < -0.3 is 5.32 Å². The van der Waals surface area contributed by atoms with Crippen LogP contribution < -0.4 is 5.32 Å². The molecule has 2 aromatic carbocycles. The smallest absolute Gasteiger partial charge is 0.224 e. The van der Waals surface area contributed by atoms with Crippen molar-refractivity contribution in [2.24, 2.45) is 5.92 Å². The van der Waals surface area contributed by atoms with Crippen LogP contribution in [0.15, 0.2) is 42.5 Å². The molecule has 1 aliphatic heterocycles. The van der Waals surface area contributed by atoms with Crippen LogP contribution in [0.1, 0.15) is 39.2 Å². The van der Waals surface area contributed by atoms with Crippen LogP contribution >= 0.6 is 0 Å². The third-order valence-electron chi connectivity index (χ3n) is 4.65. The molecular weight excluding hydrogens is 296 g/mol. The van der Waals surface area contributed by atoms with Gasteiger partial charge in [0.1, 0.15) is 0 Å². The summed E-state index contributed by atoms with van der Waals surface area (Å²) >= 11 is 0. The molecule has 128 valence electrons. The number of benzene rings is 2. The van der Waals surface area contributed by atoms with E-state index in [0.29, 0.717) is 0 Å². The molecule has 1 aliphatic rings. The molecule has 24 heavy (non-hydrogen) atoms. The first-order valence-corrected chi connectivity index (χ1v) is 8.93. The molecule has 1 unspecified atom stereocenters. The van der Waals surface area contributed by atoms with Crippen LogP contribution in [0.4, 0.5) is 0 Å². The van der Waals surface area contributed by atoms with Gasteiger partial charge in [-0.3, -0.25) is 9.69 Å². The third-order valence-corrected chi connectivity index (χ3v) is 4.65. The van der Waals surface area contributed by atoms with Crippen LogP contribution in [0.5, 0.6) is 0 Å². The maximum Gasteiger partial charge on any atom is 0.224 e. The zero-order valence-corrected chi connectivity index (χ0v) is 15.0. The Morgan fingerprint density at radius 3 is 2.71 bits per heavy atom. The molecule has 1 saturated heterocycles. The molecule has 1 amide bonds. The topological polar surface area (TPSA) is 32.3 Å². The van der Waals surface area contributed by atoms with Crippen LogP contribution in [0.3, 0.4) is 0 Å². The van der Waals surface area contributed by atoms with E-state index in [2.05, 4.69) is 52.7 Å². The Morgan fingerprint density at radius 1 is 1.17 bits per heavy atom. The number of nitrogens with zero attached hydrogens (tertiary/aromatic N) is 1. The minimum absolute atomic E-state index is 0.105. The third kappa shape index (κ3) is 4.15. The second kappa shape index (κ2) is 6.94. The molecule has 3 heteroatoms. The van der Waals surface area contributed by atoms with Crippen LogP contribution in [0, 0.1) is 5.92 Å². The molecule has 0 aliphatic carbocycles. The van der Waals surface area contributed by atoms with E-state index in [0.717, 1.165) is 32.5 Å². The first-order valence-electron chi connectivity index (χ1n) is 8.93. The van der Waals surface area contributed by atoms with Crippen molar-refractivity contribution in [3.63, 3.8) is 0 Å². The SMILES string of the molecule is CC(C)(C)NC(=O)C1CCCN(Cc2cccc3ccccc23)C1. The maximum absolute atomic E-state index is 12.5. The average molecular weight is 324 g/mol. The van der Waals surface area contributed by atoms with Gasteiger partial charge in [0, 0.05) is 18.6 Å². The number of carbonyl (C=O) groups excluding carboxylic acids is 1. The van der Waals surface area contributed by atoms with Gasteiger partial charge in [-0.05, 0) is 56.5 Å². The zero-order valence-electron chi connectivity index (χ0n) is 15.0. The molecule has 3 rings (SSSR count). The fourth-order valence-corrected chi connectivity index (χ4v) is 3.56. The summed E-state index contributed by atoms with van der Waals surface area (Å²) < 4.78 is 0. The lowest BCUT2D eigenvalue weighted by molar-refractivity contribution is -0.128. The van der Waals surface area contributed by atoms with E-state index in [1.807, 2.05) is 20.8 Å². The molecule has 1 N–H and O–H groups in total. The Labute approximate surface area is 145 Å². The Hall–Kier alpha value is -1.87. The van der Waals surface area contributed by atoms with Gasteiger partial charge >= 0.3 is 0 Å². The lowest BCUT2D eigenvalue weighted by Gasteiger charge is -2.34. The number of hydrogen-bond donors (Lipinski definition) is 1. The van der Waals surface area contributed by atoms with Gasteiger partial charge in [-0.25, -0.2) is 0 Å². The quantitative estimate of drug-likeness (QED) is 0.926. The Morgan fingerprint density at radius 2 is 1.92 bits per heavy atom. The summed E-state index contributed by atoms with van der Waals surface area (Å²) in [6.07, 6.45) is 2.08.